The Hall–Kier alpha value is 0.299. The van der Waals surface area contributed by atoms with Gasteiger partial charge in [0.25, 0.3) is 0 Å². The number of hydrogen-bond donors (Lipinski definition) is 2. The molecule has 2 nitrogen and oxygen atoms in total. The summed E-state index contributed by atoms with van der Waals surface area (Å²) in [6.45, 7) is 4.38. The van der Waals surface area contributed by atoms with Crippen molar-refractivity contribution in [3.05, 3.63) is 0 Å². The van der Waals surface area contributed by atoms with E-state index >= 15 is 0 Å². The predicted molar refractivity (Wildman–Crippen MR) is 97.2 cm³/mol. The van der Waals surface area contributed by atoms with Crippen LogP contribution in [0.2, 0.25) is 0 Å². The third-order valence-electron chi connectivity index (χ3n) is 2.99. The first-order chi connectivity index (χ1) is 9.54. The molecule has 0 saturated carbocycles. The summed E-state index contributed by atoms with van der Waals surface area (Å²) in [6.07, 6.45) is 13.6. The van der Waals surface area contributed by atoms with Gasteiger partial charge < -0.3 is 10.2 Å². The van der Waals surface area contributed by atoms with E-state index in [0.717, 1.165) is 12.8 Å². The molecule has 0 saturated heterocycles. The Morgan fingerprint density at radius 1 is 0.619 bits per heavy atom. The van der Waals surface area contributed by atoms with Crippen molar-refractivity contribution < 1.29 is 27.3 Å². The van der Waals surface area contributed by atoms with E-state index in [1.807, 2.05) is 0 Å². The van der Waals surface area contributed by atoms with Crippen LogP contribution >= 0.6 is 24.4 Å². The monoisotopic (exact) mass is 383 g/mol. The van der Waals surface area contributed by atoms with Gasteiger partial charge >= 0.3 is 0 Å². The third kappa shape index (κ3) is 33.2. The molecule has 5 heteroatoms. The summed E-state index contributed by atoms with van der Waals surface area (Å²) in [6, 6.07) is 0. The van der Waals surface area contributed by atoms with Crippen LogP contribution in [0.1, 0.15) is 90.9 Å². The first-order valence-corrected chi connectivity index (χ1v) is 8.79. The van der Waals surface area contributed by atoms with Gasteiger partial charge in [-0.2, -0.15) is 0 Å². The van der Waals surface area contributed by atoms with E-state index in [0.29, 0.717) is 12.8 Å². The molecule has 0 fully saturated rings. The van der Waals surface area contributed by atoms with Crippen molar-refractivity contribution in [2.45, 2.75) is 90.9 Å². The molecule has 21 heavy (non-hydrogen) atoms. The minimum atomic E-state index is 0. The Morgan fingerprint density at radius 2 is 0.905 bits per heavy atom. The average molecular weight is 384 g/mol. The molecule has 0 amide bonds. The first kappa shape index (κ1) is 26.2. The van der Waals surface area contributed by atoms with Gasteiger partial charge in [0.05, 0.1) is 0 Å². The van der Waals surface area contributed by atoms with Gasteiger partial charge in [-0.15, -0.1) is 0 Å². The van der Waals surface area contributed by atoms with Crippen LogP contribution in [-0.4, -0.2) is 20.3 Å². The zero-order valence-electron chi connectivity index (χ0n) is 13.5. The fourth-order valence-corrected chi connectivity index (χ4v) is 2.05. The molecule has 0 atom stereocenters. The molecule has 0 unspecified atom stereocenters. The van der Waals surface area contributed by atoms with E-state index in [1.165, 1.54) is 51.4 Å². The van der Waals surface area contributed by atoms with Gasteiger partial charge in [0.1, 0.15) is 0 Å². The summed E-state index contributed by atoms with van der Waals surface area (Å²) in [5, 5.41) is 17.6. The Kier molecular flexibility index (Phi) is 28.2. The number of hydrogen-bond acceptors (Lipinski definition) is 2. The second kappa shape index (κ2) is 22.6. The van der Waals surface area contributed by atoms with E-state index in [1.54, 1.807) is 0 Å². The number of aliphatic hydroxyl groups is 2. The molecular weight excluding hydrogens is 352 g/mol. The molecule has 0 aliphatic carbocycles. The van der Waals surface area contributed by atoms with Gasteiger partial charge in [-0.25, -0.2) is 0 Å². The molecule has 2 N–H and O–H groups in total. The Balaban J connectivity index is -0.000000295. The van der Waals surface area contributed by atoms with Crippen LogP contribution in [0.4, 0.5) is 0 Å². The van der Waals surface area contributed by atoms with E-state index in [-0.39, 0.29) is 27.2 Å². The molecule has 0 aromatic rings. The Bertz CT molecular complexity index is 212. The van der Waals surface area contributed by atoms with Crippen molar-refractivity contribution in [1.29, 1.82) is 0 Å². The van der Waals surface area contributed by atoms with Gasteiger partial charge in [0.15, 0.2) is 10.1 Å². The van der Waals surface area contributed by atoms with Gasteiger partial charge in [0.2, 0.25) is 0 Å². The summed E-state index contributed by atoms with van der Waals surface area (Å²) in [7, 11) is 0. The third-order valence-corrected chi connectivity index (χ3v) is 3.40. The van der Waals surface area contributed by atoms with Crippen LogP contribution < -0.4 is 0 Å². The van der Waals surface area contributed by atoms with Gasteiger partial charge in [-0.1, -0.05) is 65.2 Å². The second-order valence-corrected chi connectivity index (χ2v) is 6.06. The van der Waals surface area contributed by atoms with Crippen molar-refractivity contribution in [3.8, 4) is 0 Å². The summed E-state index contributed by atoms with van der Waals surface area (Å²) in [4.78, 5) is 0. The van der Waals surface area contributed by atoms with E-state index in [4.69, 9.17) is 10.2 Å². The molecule has 0 aromatic carbocycles. The maximum atomic E-state index is 8.64. The zero-order chi connectivity index (χ0) is 15.6. The van der Waals surface area contributed by atoms with Crippen molar-refractivity contribution >= 4 is 34.5 Å². The molecular formula is C16H32CuO2S2. The molecule has 0 aromatic heterocycles. The predicted octanol–water partition coefficient (Wildman–Crippen LogP) is 6.46. The average Bonchev–Trinajstić information content (AvgIpc) is 2.38. The van der Waals surface area contributed by atoms with Gasteiger partial charge in [0, 0.05) is 29.9 Å². The molecule has 0 aliphatic rings. The first-order valence-electron chi connectivity index (χ1n) is 7.98. The van der Waals surface area contributed by atoms with E-state index in [9.17, 15) is 0 Å². The molecule has 0 rings (SSSR count). The SMILES string of the molecule is CCCCCCCC(O)=S.CCCCCCCC(O)=S.[Cu]. The van der Waals surface area contributed by atoms with Gasteiger partial charge in [-0.05, 0) is 37.3 Å². The molecule has 131 valence electrons. The van der Waals surface area contributed by atoms with Crippen molar-refractivity contribution in [2.24, 2.45) is 0 Å². The Morgan fingerprint density at radius 3 is 1.14 bits per heavy atom. The topological polar surface area (TPSA) is 40.5 Å². The van der Waals surface area contributed by atoms with Crippen molar-refractivity contribution in [3.63, 3.8) is 0 Å². The van der Waals surface area contributed by atoms with Crippen LogP contribution in [0.15, 0.2) is 0 Å². The summed E-state index contributed by atoms with van der Waals surface area (Å²) in [5.74, 6) is 0. The summed E-state index contributed by atoms with van der Waals surface area (Å²) in [5.41, 5.74) is 0. The summed E-state index contributed by atoms with van der Waals surface area (Å²) >= 11 is 9.06. The fraction of sp³-hybridized carbons (Fsp3) is 0.875. The largest absolute Gasteiger partial charge is 0.502 e. The second-order valence-electron chi connectivity index (χ2n) is 5.12. The normalized spacial score (nSPS) is 9.24. The molecule has 0 spiro atoms. The van der Waals surface area contributed by atoms with E-state index in [2.05, 4.69) is 38.3 Å². The van der Waals surface area contributed by atoms with Crippen LogP contribution in [-0.2, 0) is 17.1 Å². The standard InChI is InChI=1S/2C8H16OS.Cu/c2*1-2-3-4-5-6-7-8(9)10;/h2*2-7H2,1H3,(H,9,10);. The van der Waals surface area contributed by atoms with Crippen molar-refractivity contribution in [2.75, 3.05) is 0 Å². The fourth-order valence-electron chi connectivity index (χ4n) is 1.76. The van der Waals surface area contributed by atoms with Crippen molar-refractivity contribution in [1.82, 2.24) is 0 Å². The number of aliphatic hydroxyl groups excluding tert-OH is 2. The smallest absolute Gasteiger partial charge is 0.156 e. The molecule has 1 radical (unpaired) electrons. The van der Waals surface area contributed by atoms with Crippen LogP contribution in [0.5, 0.6) is 0 Å². The maximum absolute atomic E-state index is 8.64. The van der Waals surface area contributed by atoms with Crippen LogP contribution in [0.3, 0.4) is 0 Å². The molecule has 0 bridgehead atoms. The minimum absolute atomic E-state index is 0. The zero-order valence-corrected chi connectivity index (χ0v) is 16.1. The van der Waals surface area contributed by atoms with E-state index < -0.39 is 0 Å². The minimum Gasteiger partial charge on any atom is -0.502 e. The Labute approximate surface area is 152 Å². The van der Waals surface area contributed by atoms with Crippen LogP contribution in [0.25, 0.3) is 0 Å². The number of rotatable bonds is 12. The quantitative estimate of drug-likeness (QED) is 0.230. The number of thiocarbonyl (C=S) groups is 2. The maximum Gasteiger partial charge on any atom is 0.156 e. The summed E-state index contributed by atoms with van der Waals surface area (Å²) < 4.78 is 0. The van der Waals surface area contributed by atoms with Crippen LogP contribution in [0, 0.1) is 0 Å². The number of unbranched alkanes of at least 4 members (excludes halogenated alkanes) is 8. The van der Waals surface area contributed by atoms with Gasteiger partial charge in [-0.3, -0.25) is 0 Å². The molecule has 0 aliphatic heterocycles. The molecule has 0 heterocycles.